The zero-order chi connectivity index (χ0) is 27.6. The first-order chi connectivity index (χ1) is 17.4. The summed E-state index contributed by atoms with van der Waals surface area (Å²) >= 11 is 0. The minimum Gasteiger partial charge on any atom is -0.480 e. The number of carbonyl (C=O) groups excluding carboxylic acids is 1. The van der Waals surface area contributed by atoms with E-state index in [2.05, 4.69) is 43.2 Å². The standard InChI is InChI=1S/C28H39N2O6P/c1-19(2)9-7-10-20(3)11-8-12-21(4)15-16-26(37(34,35)36)27(31)30-25(28(32)33)17-22-18-29-24-14-6-5-13-23(22)24/h5-6,9,11,13-15,18,25-26,29H,7-8,10,12,16-17H2,1-4H3,(H,30,31)(H,32,33)(H2,34,35,36)/b20-11+,21-15+/t25-,26?/m0/s1. The minimum atomic E-state index is -4.82. The fraction of sp³-hybridized carbons (Fsp3) is 0.429. The molecule has 5 N–H and O–H groups in total. The van der Waals surface area contributed by atoms with Crippen LogP contribution < -0.4 is 5.32 Å². The van der Waals surface area contributed by atoms with Gasteiger partial charge in [0, 0.05) is 23.5 Å². The van der Waals surface area contributed by atoms with E-state index in [9.17, 15) is 29.0 Å². The smallest absolute Gasteiger partial charge is 0.338 e. The summed E-state index contributed by atoms with van der Waals surface area (Å²) in [5.41, 5.74) is 3.35. The van der Waals surface area contributed by atoms with E-state index >= 15 is 0 Å². The number of carbonyl (C=O) groups is 2. The van der Waals surface area contributed by atoms with E-state index in [-0.39, 0.29) is 12.8 Å². The predicted octanol–water partition coefficient (Wildman–Crippen LogP) is 5.64. The number of nitrogens with one attached hydrogen (secondary N) is 2. The maximum absolute atomic E-state index is 12.8. The van der Waals surface area contributed by atoms with Crippen LogP contribution in [0.5, 0.6) is 0 Å². The van der Waals surface area contributed by atoms with Gasteiger partial charge in [0.25, 0.3) is 0 Å². The number of aliphatic carboxylic acids is 1. The Bertz CT molecular complexity index is 1220. The molecule has 2 rings (SSSR count). The number of carboxylic acids is 1. The number of H-pyrrole nitrogens is 1. The van der Waals surface area contributed by atoms with Gasteiger partial charge in [-0.15, -0.1) is 0 Å². The van der Waals surface area contributed by atoms with Gasteiger partial charge < -0.3 is 25.2 Å². The lowest BCUT2D eigenvalue weighted by Crippen LogP contribution is -2.46. The van der Waals surface area contributed by atoms with Gasteiger partial charge in [-0.25, -0.2) is 4.79 Å². The highest BCUT2D eigenvalue weighted by Crippen LogP contribution is 2.43. The van der Waals surface area contributed by atoms with Crippen LogP contribution in [0.4, 0.5) is 0 Å². The van der Waals surface area contributed by atoms with Gasteiger partial charge in [0.15, 0.2) is 0 Å². The Morgan fingerprint density at radius 2 is 1.62 bits per heavy atom. The maximum Gasteiger partial charge on any atom is 0.338 e. The highest BCUT2D eigenvalue weighted by molar-refractivity contribution is 7.53. The Morgan fingerprint density at radius 1 is 1.00 bits per heavy atom. The first-order valence-corrected chi connectivity index (χ1v) is 14.1. The van der Waals surface area contributed by atoms with Crippen LogP contribution in [0.25, 0.3) is 10.9 Å². The number of allylic oxidation sites excluding steroid dienone is 6. The molecule has 0 saturated heterocycles. The Balaban J connectivity index is 2.02. The summed E-state index contributed by atoms with van der Waals surface area (Å²) in [4.78, 5) is 47.4. The number of hydrogen-bond acceptors (Lipinski definition) is 3. The molecule has 2 atom stereocenters. The van der Waals surface area contributed by atoms with Crippen molar-refractivity contribution in [3.05, 3.63) is 71.0 Å². The van der Waals surface area contributed by atoms with Gasteiger partial charge in [-0.05, 0) is 71.4 Å². The van der Waals surface area contributed by atoms with Gasteiger partial charge >= 0.3 is 13.6 Å². The number of rotatable bonds is 14. The molecule has 37 heavy (non-hydrogen) atoms. The molecule has 1 aromatic heterocycles. The Labute approximate surface area is 218 Å². The van der Waals surface area contributed by atoms with Crippen LogP contribution >= 0.6 is 7.60 Å². The topological polar surface area (TPSA) is 140 Å². The van der Waals surface area contributed by atoms with Crippen LogP contribution in [0.3, 0.4) is 0 Å². The lowest BCUT2D eigenvalue weighted by atomic mass is 10.0. The first kappa shape index (κ1) is 30.3. The lowest BCUT2D eigenvalue weighted by Gasteiger charge is -2.20. The second-order valence-corrected chi connectivity index (χ2v) is 11.6. The monoisotopic (exact) mass is 530 g/mol. The number of carboxylic acid groups (broad SMARTS) is 1. The molecule has 0 radical (unpaired) electrons. The number of benzene rings is 1. The van der Waals surface area contributed by atoms with Crippen molar-refractivity contribution < 1.29 is 29.0 Å². The van der Waals surface area contributed by atoms with Gasteiger partial charge in [-0.1, -0.05) is 53.1 Å². The first-order valence-electron chi connectivity index (χ1n) is 12.5. The molecule has 2 aromatic rings. The molecule has 9 heteroatoms. The molecule has 1 amide bonds. The van der Waals surface area contributed by atoms with Crippen molar-refractivity contribution in [3.8, 4) is 0 Å². The van der Waals surface area contributed by atoms with Gasteiger partial charge in [0.05, 0.1) is 0 Å². The lowest BCUT2D eigenvalue weighted by molar-refractivity contribution is -0.141. The summed E-state index contributed by atoms with van der Waals surface area (Å²) in [5, 5.41) is 12.9. The van der Waals surface area contributed by atoms with Gasteiger partial charge in [0.1, 0.15) is 11.7 Å². The van der Waals surface area contributed by atoms with Crippen molar-refractivity contribution >= 4 is 30.4 Å². The van der Waals surface area contributed by atoms with E-state index in [1.54, 1.807) is 12.3 Å². The average Bonchev–Trinajstić information content (AvgIpc) is 3.20. The molecule has 8 nitrogen and oxygen atoms in total. The van der Waals surface area contributed by atoms with Crippen molar-refractivity contribution in [2.45, 2.75) is 77.9 Å². The second-order valence-electron chi connectivity index (χ2n) is 9.76. The summed E-state index contributed by atoms with van der Waals surface area (Å²) < 4.78 is 12.1. The third-order valence-electron chi connectivity index (χ3n) is 6.23. The molecular formula is C28H39N2O6P. The highest BCUT2D eigenvalue weighted by atomic mass is 31.2. The molecule has 0 aliphatic rings. The molecule has 0 fully saturated rings. The normalized spacial score (nSPS) is 14.3. The van der Waals surface area contributed by atoms with Gasteiger partial charge in [-0.3, -0.25) is 9.36 Å². The minimum absolute atomic E-state index is 0.0207. The number of para-hydroxylation sites is 1. The quantitative estimate of drug-likeness (QED) is 0.158. The number of aromatic amines is 1. The maximum atomic E-state index is 12.8. The Hall–Kier alpha value is -2.93. The summed E-state index contributed by atoms with van der Waals surface area (Å²) in [6.45, 7) is 8.09. The largest absolute Gasteiger partial charge is 0.480 e. The van der Waals surface area contributed by atoms with E-state index in [4.69, 9.17) is 0 Å². The number of aromatic nitrogens is 1. The summed E-state index contributed by atoms with van der Waals surface area (Å²) in [6.07, 6.45) is 11.0. The van der Waals surface area contributed by atoms with Crippen molar-refractivity contribution in [1.29, 1.82) is 0 Å². The van der Waals surface area contributed by atoms with Crippen LogP contribution in [0.15, 0.2) is 65.4 Å². The van der Waals surface area contributed by atoms with Crippen LogP contribution in [-0.4, -0.2) is 43.5 Å². The molecule has 0 spiro atoms. The molecule has 1 heterocycles. The van der Waals surface area contributed by atoms with E-state index < -0.39 is 31.2 Å². The molecule has 0 bridgehead atoms. The fourth-order valence-electron chi connectivity index (χ4n) is 4.04. The highest BCUT2D eigenvalue weighted by Gasteiger charge is 2.36. The SMILES string of the molecule is CC(C)=CCC/C(C)=C/CC/C(C)=C/CC(C(=O)N[C@@H](Cc1c[nH]c2ccccc12)C(=O)O)P(=O)(O)O. The van der Waals surface area contributed by atoms with Crippen molar-refractivity contribution in [2.75, 3.05) is 0 Å². The average molecular weight is 531 g/mol. The Morgan fingerprint density at radius 3 is 2.24 bits per heavy atom. The molecule has 0 aliphatic carbocycles. The number of fused-ring (bicyclic) bond motifs is 1. The summed E-state index contributed by atoms with van der Waals surface area (Å²) in [7, 11) is -4.82. The zero-order valence-electron chi connectivity index (χ0n) is 22.0. The molecule has 0 aliphatic heterocycles. The van der Waals surface area contributed by atoms with Gasteiger partial charge in [0.2, 0.25) is 5.91 Å². The number of amides is 1. The van der Waals surface area contributed by atoms with Crippen molar-refractivity contribution in [3.63, 3.8) is 0 Å². The van der Waals surface area contributed by atoms with Crippen LogP contribution in [-0.2, 0) is 20.6 Å². The third-order valence-corrected chi connectivity index (χ3v) is 7.49. The molecular weight excluding hydrogens is 491 g/mol. The van der Waals surface area contributed by atoms with E-state index in [0.717, 1.165) is 35.7 Å². The van der Waals surface area contributed by atoms with Gasteiger partial charge in [-0.2, -0.15) is 0 Å². The van der Waals surface area contributed by atoms with Crippen molar-refractivity contribution in [1.82, 2.24) is 10.3 Å². The van der Waals surface area contributed by atoms with E-state index in [1.165, 1.54) is 11.1 Å². The molecule has 0 saturated carbocycles. The third kappa shape index (κ3) is 10.2. The zero-order valence-corrected chi connectivity index (χ0v) is 22.9. The van der Waals surface area contributed by atoms with Crippen LogP contribution in [0, 0.1) is 0 Å². The van der Waals surface area contributed by atoms with E-state index in [0.29, 0.717) is 12.0 Å². The van der Waals surface area contributed by atoms with E-state index in [1.807, 2.05) is 31.2 Å². The molecule has 1 aromatic carbocycles. The molecule has 1 unspecified atom stereocenters. The van der Waals surface area contributed by atoms with Crippen LogP contribution in [0.2, 0.25) is 0 Å². The predicted molar refractivity (Wildman–Crippen MR) is 147 cm³/mol. The van der Waals surface area contributed by atoms with Crippen LogP contribution in [0.1, 0.15) is 65.4 Å². The summed E-state index contributed by atoms with van der Waals surface area (Å²) in [6, 6.07) is 6.04. The summed E-state index contributed by atoms with van der Waals surface area (Å²) in [5.74, 6) is -2.25. The molecule has 202 valence electrons. The fourth-order valence-corrected chi connectivity index (χ4v) is 4.80. The number of hydrogen-bond donors (Lipinski definition) is 5. The Kier molecular flexibility index (Phi) is 11.6. The van der Waals surface area contributed by atoms with Crippen molar-refractivity contribution in [2.24, 2.45) is 0 Å². The second kappa shape index (κ2) is 14.1.